The highest BCUT2D eigenvalue weighted by Crippen LogP contribution is 2.40. The van der Waals surface area contributed by atoms with Crippen LogP contribution in [0.25, 0.3) is 10.1 Å². The van der Waals surface area contributed by atoms with Crippen molar-refractivity contribution >= 4 is 27.3 Å². The number of nitrogens with zero attached hydrogens (tertiary/aromatic N) is 2. The average molecular weight is 328 g/mol. The molecule has 0 N–H and O–H groups in total. The van der Waals surface area contributed by atoms with Crippen LogP contribution in [0.4, 0.5) is 0 Å². The number of fused-ring (bicyclic) bond motifs is 2. The molecule has 1 saturated heterocycles. The molecule has 0 unspecified atom stereocenters. The fourth-order valence-corrected chi connectivity index (χ4v) is 5.35. The van der Waals surface area contributed by atoms with Gasteiger partial charge in [-0.2, -0.15) is 0 Å². The second-order valence-corrected chi connectivity index (χ2v) is 8.21. The van der Waals surface area contributed by atoms with Gasteiger partial charge in [0, 0.05) is 37.3 Å². The lowest BCUT2D eigenvalue weighted by atomic mass is 9.88. The van der Waals surface area contributed by atoms with Gasteiger partial charge in [0.05, 0.1) is 0 Å². The Bertz CT molecular complexity index is 725. The van der Waals surface area contributed by atoms with Crippen LogP contribution in [0.1, 0.15) is 24.8 Å². The Labute approximate surface area is 141 Å². The number of carbonyl (C=O) groups is 1. The number of amides is 1. The molecule has 0 radical (unpaired) electrons. The fourth-order valence-electron chi connectivity index (χ4n) is 4.40. The van der Waals surface area contributed by atoms with Crippen molar-refractivity contribution < 1.29 is 4.79 Å². The summed E-state index contributed by atoms with van der Waals surface area (Å²) >= 11 is 1.84. The standard InChI is InChI=1S/C19H24N2OS/c1-20(11-15-12-23-18-6-4-3-5-17(15)18)16-7-13-9-19(22)21(2)10-14(13)8-16/h3-6,12-14,16H,7-11H2,1-2H3/t13-,14+,16-/m1/s1. The molecule has 0 spiro atoms. The Morgan fingerprint density at radius 2 is 2.04 bits per heavy atom. The van der Waals surface area contributed by atoms with Crippen molar-refractivity contribution in [3.63, 3.8) is 0 Å². The highest BCUT2D eigenvalue weighted by Gasteiger charge is 2.41. The van der Waals surface area contributed by atoms with Crippen LogP contribution in [0.3, 0.4) is 0 Å². The third kappa shape index (κ3) is 2.79. The molecule has 3 nitrogen and oxygen atoms in total. The van der Waals surface area contributed by atoms with E-state index in [-0.39, 0.29) is 0 Å². The van der Waals surface area contributed by atoms with E-state index in [0.29, 0.717) is 23.8 Å². The second-order valence-electron chi connectivity index (χ2n) is 7.30. The summed E-state index contributed by atoms with van der Waals surface area (Å²) in [5.41, 5.74) is 1.44. The second kappa shape index (κ2) is 5.91. The summed E-state index contributed by atoms with van der Waals surface area (Å²) < 4.78 is 1.38. The van der Waals surface area contributed by atoms with Gasteiger partial charge in [-0.3, -0.25) is 9.69 Å². The summed E-state index contributed by atoms with van der Waals surface area (Å²) in [5, 5.41) is 3.70. The number of hydrogen-bond acceptors (Lipinski definition) is 3. The molecule has 2 fully saturated rings. The number of benzene rings is 1. The number of piperidine rings is 1. The highest BCUT2D eigenvalue weighted by molar-refractivity contribution is 7.17. The molecule has 2 aliphatic rings. The largest absolute Gasteiger partial charge is 0.345 e. The fraction of sp³-hybridized carbons (Fsp3) is 0.526. The molecule has 3 atom stereocenters. The van der Waals surface area contributed by atoms with E-state index in [1.807, 2.05) is 23.3 Å². The van der Waals surface area contributed by atoms with Crippen LogP contribution in [-0.4, -0.2) is 42.4 Å². The van der Waals surface area contributed by atoms with Crippen LogP contribution in [0.2, 0.25) is 0 Å². The first-order valence-corrected chi connectivity index (χ1v) is 9.39. The molecule has 1 amide bonds. The third-order valence-electron chi connectivity index (χ3n) is 5.79. The summed E-state index contributed by atoms with van der Waals surface area (Å²) in [6.07, 6.45) is 3.18. The van der Waals surface area contributed by atoms with Crippen molar-refractivity contribution in [2.45, 2.75) is 31.8 Å². The normalized spacial score (nSPS) is 27.9. The van der Waals surface area contributed by atoms with Gasteiger partial charge in [-0.05, 0) is 54.1 Å². The number of rotatable bonds is 3. The van der Waals surface area contributed by atoms with Crippen LogP contribution in [0.5, 0.6) is 0 Å². The topological polar surface area (TPSA) is 23.6 Å². The van der Waals surface area contributed by atoms with Gasteiger partial charge in [0.1, 0.15) is 0 Å². The minimum Gasteiger partial charge on any atom is -0.345 e. The molecule has 0 bridgehead atoms. The number of carbonyl (C=O) groups excluding carboxylic acids is 1. The van der Waals surface area contributed by atoms with Gasteiger partial charge in [-0.25, -0.2) is 0 Å². The molecule has 1 aliphatic carbocycles. The van der Waals surface area contributed by atoms with E-state index in [4.69, 9.17) is 0 Å². The Morgan fingerprint density at radius 3 is 2.91 bits per heavy atom. The van der Waals surface area contributed by atoms with E-state index in [0.717, 1.165) is 19.5 Å². The number of thiophene rings is 1. The van der Waals surface area contributed by atoms with Crippen molar-refractivity contribution in [3.8, 4) is 0 Å². The Balaban J connectivity index is 1.46. The molecule has 23 heavy (non-hydrogen) atoms. The molecular formula is C19H24N2OS. The zero-order valence-corrected chi connectivity index (χ0v) is 14.7. The van der Waals surface area contributed by atoms with E-state index in [1.54, 1.807) is 0 Å². The van der Waals surface area contributed by atoms with Crippen LogP contribution < -0.4 is 0 Å². The van der Waals surface area contributed by atoms with Gasteiger partial charge in [0.2, 0.25) is 5.91 Å². The van der Waals surface area contributed by atoms with Crippen molar-refractivity contribution in [1.29, 1.82) is 0 Å². The smallest absolute Gasteiger partial charge is 0.222 e. The molecular weight excluding hydrogens is 304 g/mol. The lowest BCUT2D eigenvalue weighted by Gasteiger charge is -2.31. The maximum atomic E-state index is 11.9. The zero-order chi connectivity index (χ0) is 16.0. The monoisotopic (exact) mass is 328 g/mol. The van der Waals surface area contributed by atoms with Gasteiger partial charge in [0.15, 0.2) is 0 Å². The van der Waals surface area contributed by atoms with Crippen molar-refractivity contribution in [2.24, 2.45) is 11.8 Å². The first kappa shape index (κ1) is 15.2. The summed E-state index contributed by atoms with van der Waals surface area (Å²) in [6, 6.07) is 9.29. The zero-order valence-electron chi connectivity index (χ0n) is 13.9. The van der Waals surface area contributed by atoms with Gasteiger partial charge in [-0.1, -0.05) is 18.2 Å². The highest BCUT2D eigenvalue weighted by atomic mass is 32.1. The molecule has 2 aromatic rings. The van der Waals surface area contributed by atoms with Crippen molar-refractivity contribution in [3.05, 3.63) is 35.2 Å². The molecule has 1 saturated carbocycles. The summed E-state index contributed by atoms with van der Waals surface area (Å²) in [6.45, 7) is 1.97. The minimum absolute atomic E-state index is 0.332. The Hall–Kier alpha value is -1.39. The van der Waals surface area contributed by atoms with Gasteiger partial charge in [0.25, 0.3) is 0 Å². The first-order chi connectivity index (χ1) is 11.1. The predicted octanol–water partition coefficient (Wildman–Crippen LogP) is 3.59. The van der Waals surface area contributed by atoms with Gasteiger partial charge in [-0.15, -0.1) is 11.3 Å². The lowest BCUT2D eigenvalue weighted by Crippen LogP contribution is -2.39. The van der Waals surface area contributed by atoms with Crippen LogP contribution in [-0.2, 0) is 11.3 Å². The van der Waals surface area contributed by atoms with Gasteiger partial charge >= 0.3 is 0 Å². The molecule has 1 aromatic heterocycles. The van der Waals surface area contributed by atoms with E-state index >= 15 is 0 Å². The Kier molecular flexibility index (Phi) is 3.90. The quantitative estimate of drug-likeness (QED) is 0.859. The summed E-state index contributed by atoms with van der Waals surface area (Å²) in [5.74, 6) is 1.63. The number of hydrogen-bond donors (Lipinski definition) is 0. The molecule has 4 heteroatoms. The number of likely N-dealkylation sites (tertiary alicyclic amines) is 1. The third-order valence-corrected chi connectivity index (χ3v) is 6.80. The van der Waals surface area contributed by atoms with Gasteiger partial charge < -0.3 is 4.90 Å². The lowest BCUT2D eigenvalue weighted by molar-refractivity contribution is -0.134. The van der Waals surface area contributed by atoms with E-state index in [9.17, 15) is 4.79 Å². The first-order valence-electron chi connectivity index (χ1n) is 8.51. The molecule has 2 heterocycles. The Morgan fingerprint density at radius 1 is 1.26 bits per heavy atom. The maximum Gasteiger partial charge on any atom is 0.222 e. The van der Waals surface area contributed by atoms with E-state index in [1.165, 1.54) is 28.5 Å². The SMILES string of the molecule is CN1C[C@@H]2C[C@H](N(C)Cc3csc4ccccc34)C[C@@H]2CC1=O. The summed E-state index contributed by atoms with van der Waals surface area (Å²) in [7, 11) is 4.20. The van der Waals surface area contributed by atoms with Crippen LogP contribution in [0, 0.1) is 11.8 Å². The molecule has 122 valence electrons. The predicted molar refractivity (Wildman–Crippen MR) is 95.5 cm³/mol. The molecule has 1 aliphatic heterocycles. The maximum absolute atomic E-state index is 11.9. The minimum atomic E-state index is 0.332. The van der Waals surface area contributed by atoms with Crippen LogP contribution >= 0.6 is 11.3 Å². The van der Waals surface area contributed by atoms with Crippen molar-refractivity contribution in [2.75, 3.05) is 20.6 Å². The molecule has 1 aromatic carbocycles. The summed E-state index contributed by atoms with van der Waals surface area (Å²) in [4.78, 5) is 16.4. The van der Waals surface area contributed by atoms with E-state index < -0.39 is 0 Å². The van der Waals surface area contributed by atoms with Crippen LogP contribution in [0.15, 0.2) is 29.6 Å². The average Bonchev–Trinajstić information content (AvgIpc) is 3.12. The van der Waals surface area contributed by atoms with Crippen molar-refractivity contribution in [1.82, 2.24) is 9.80 Å². The van der Waals surface area contributed by atoms with E-state index in [2.05, 4.69) is 41.6 Å². The molecule has 4 rings (SSSR count).